The zero-order valence-corrected chi connectivity index (χ0v) is 14.4. The number of nitrogens with zero attached hydrogens (tertiary/aromatic N) is 3. The maximum Gasteiger partial charge on any atom is 0.249 e. The van der Waals surface area contributed by atoms with Gasteiger partial charge in [0.1, 0.15) is 5.65 Å². The summed E-state index contributed by atoms with van der Waals surface area (Å²) in [5.74, 6) is 0.491. The minimum atomic E-state index is -0.218. The van der Waals surface area contributed by atoms with Crippen LogP contribution in [0.3, 0.4) is 0 Å². The van der Waals surface area contributed by atoms with Gasteiger partial charge in [0.25, 0.3) is 0 Å². The van der Waals surface area contributed by atoms with Crippen LogP contribution in [0.5, 0.6) is 5.88 Å². The Labute approximate surface area is 154 Å². The minimum absolute atomic E-state index is 0.218. The van der Waals surface area contributed by atoms with Crippen LogP contribution in [0.15, 0.2) is 65.6 Å². The van der Waals surface area contributed by atoms with Gasteiger partial charge in [0.15, 0.2) is 0 Å². The smallest absolute Gasteiger partial charge is 0.249 e. The molecule has 3 heterocycles. The fourth-order valence-corrected chi connectivity index (χ4v) is 2.94. The topological polar surface area (TPSA) is 91.7 Å². The molecule has 3 aromatic heterocycles. The molecule has 6 nitrogen and oxygen atoms in total. The highest BCUT2D eigenvalue weighted by molar-refractivity contribution is 5.90. The van der Waals surface area contributed by atoms with E-state index in [1.54, 1.807) is 31.5 Å². The van der Waals surface area contributed by atoms with Crippen molar-refractivity contribution in [3.8, 4) is 34.3 Å². The number of nitrogens with one attached hydrogen (secondary N) is 1. The molecule has 0 aliphatic carbocycles. The lowest BCUT2D eigenvalue weighted by atomic mass is 9.98. The highest BCUT2D eigenvalue weighted by atomic mass is 16.5. The molecule has 0 unspecified atom stereocenters. The molecule has 4 aromatic rings. The Hall–Kier alpha value is -3.98. The number of hydrogen-bond donors (Lipinski definition) is 1. The number of nitriles is 1. The second kappa shape index (κ2) is 6.73. The third-order valence-electron chi connectivity index (χ3n) is 4.23. The Morgan fingerprint density at radius 2 is 1.96 bits per heavy atom. The first-order valence-electron chi connectivity index (χ1n) is 8.23. The van der Waals surface area contributed by atoms with Gasteiger partial charge in [-0.25, -0.2) is 9.97 Å². The number of benzene rings is 1. The van der Waals surface area contributed by atoms with Gasteiger partial charge in [-0.1, -0.05) is 12.1 Å². The normalized spacial score (nSPS) is 10.5. The van der Waals surface area contributed by atoms with E-state index in [1.165, 1.54) is 6.07 Å². The number of aromatic nitrogens is 3. The summed E-state index contributed by atoms with van der Waals surface area (Å²) in [7, 11) is 1.56. The fraction of sp³-hybridized carbons (Fsp3) is 0.0476. The SMILES string of the molecule is COc1cc(-c2cc3ccc(=O)[nH]c3nc2-c2cccc(C#N)c2)ccn1. The lowest BCUT2D eigenvalue weighted by Crippen LogP contribution is -2.04. The van der Waals surface area contributed by atoms with Crippen molar-refractivity contribution in [2.24, 2.45) is 0 Å². The molecule has 1 aromatic carbocycles. The van der Waals surface area contributed by atoms with Crippen LogP contribution in [-0.4, -0.2) is 22.1 Å². The average Bonchev–Trinajstić information content (AvgIpc) is 2.72. The fourth-order valence-electron chi connectivity index (χ4n) is 2.94. The van der Waals surface area contributed by atoms with Crippen molar-refractivity contribution in [1.29, 1.82) is 5.26 Å². The molecular weight excluding hydrogens is 340 g/mol. The van der Waals surface area contributed by atoms with E-state index in [4.69, 9.17) is 4.74 Å². The van der Waals surface area contributed by atoms with Gasteiger partial charge in [-0.15, -0.1) is 0 Å². The quantitative estimate of drug-likeness (QED) is 0.608. The van der Waals surface area contributed by atoms with E-state index in [1.807, 2.05) is 30.3 Å². The van der Waals surface area contributed by atoms with Crippen molar-refractivity contribution < 1.29 is 4.74 Å². The van der Waals surface area contributed by atoms with Crippen LogP contribution in [0.2, 0.25) is 0 Å². The van der Waals surface area contributed by atoms with Crippen LogP contribution in [0, 0.1) is 11.3 Å². The predicted molar refractivity (Wildman–Crippen MR) is 102 cm³/mol. The van der Waals surface area contributed by atoms with Gasteiger partial charge < -0.3 is 9.72 Å². The van der Waals surface area contributed by atoms with Crippen molar-refractivity contribution in [2.75, 3.05) is 7.11 Å². The average molecular weight is 354 g/mol. The van der Waals surface area contributed by atoms with Crippen LogP contribution in [0.25, 0.3) is 33.4 Å². The molecule has 130 valence electrons. The van der Waals surface area contributed by atoms with Crippen molar-refractivity contribution in [3.05, 3.63) is 76.7 Å². The molecule has 6 heteroatoms. The summed E-state index contributed by atoms with van der Waals surface area (Å²) in [4.78, 5) is 23.3. The zero-order chi connectivity index (χ0) is 18.8. The lowest BCUT2D eigenvalue weighted by Gasteiger charge is -2.12. The van der Waals surface area contributed by atoms with E-state index in [9.17, 15) is 10.1 Å². The number of hydrogen-bond acceptors (Lipinski definition) is 5. The molecule has 0 spiro atoms. The molecule has 0 aliphatic rings. The molecule has 0 amide bonds. The molecule has 0 aliphatic heterocycles. The van der Waals surface area contributed by atoms with E-state index < -0.39 is 0 Å². The maximum atomic E-state index is 11.7. The monoisotopic (exact) mass is 354 g/mol. The molecule has 0 atom stereocenters. The van der Waals surface area contributed by atoms with Crippen LogP contribution in [0.4, 0.5) is 0 Å². The molecule has 1 N–H and O–H groups in total. The Bertz CT molecular complexity index is 1250. The summed E-state index contributed by atoms with van der Waals surface area (Å²) in [5.41, 5.74) is 3.98. The lowest BCUT2D eigenvalue weighted by molar-refractivity contribution is 0.398. The highest BCUT2D eigenvalue weighted by Crippen LogP contribution is 2.34. The van der Waals surface area contributed by atoms with Gasteiger partial charge in [0.2, 0.25) is 11.4 Å². The van der Waals surface area contributed by atoms with Crippen molar-refractivity contribution in [3.63, 3.8) is 0 Å². The number of rotatable bonds is 3. The molecule has 0 bridgehead atoms. The molecule has 27 heavy (non-hydrogen) atoms. The Balaban J connectivity index is 2.04. The molecule has 0 saturated heterocycles. The van der Waals surface area contributed by atoms with E-state index in [0.717, 1.165) is 22.1 Å². The highest BCUT2D eigenvalue weighted by Gasteiger charge is 2.13. The van der Waals surface area contributed by atoms with Gasteiger partial charge in [0.05, 0.1) is 24.4 Å². The van der Waals surface area contributed by atoms with Gasteiger partial charge in [0, 0.05) is 34.8 Å². The van der Waals surface area contributed by atoms with Gasteiger partial charge in [-0.3, -0.25) is 4.79 Å². The Morgan fingerprint density at radius 3 is 2.78 bits per heavy atom. The summed E-state index contributed by atoms with van der Waals surface area (Å²) in [6, 6.07) is 18.2. The van der Waals surface area contributed by atoms with Crippen molar-refractivity contribution in [1.82, 2.24) is 15.0 Å². The number of aromatic amines is 1. The second-order valence-electron chi connectivity index (χ2n) is 5.92. The summed E-state index contributed by atoms with van der Waals surface area (Å²) < 4.78 is 5.24. The maximum absolute atomic E-state index is 11.7. The Kier molecular flexibility index (Phi) is 4.11. The third-order valence-corrected chi connectivity index (χ3v) is 4.23. The summed E-state index contributed by atoms with van der Waals surface area (Å²) in [6.45, 7) is 0. The number of H-pyrrole nitrogens is 1. The number of methoxy groups -OCH3 is 1. The van der Waals surface area contributed by atoms with Crippen molar-refractivity contribution >= 4 is 11.0 Å². The Morgan fingerprint density at radius 1 is 1.07 bits per heavy atom. The van der Waals surface area contributed by atoms with E-state index in [-0.39, 0.29) is 5.56 Å². The number of fused-ring (bicyclic) bond motifs is 1. The summed E-state index contributed by atoms with van der Waals surface area (Å²) in [5, 5.41) is 10.0. The summed E-state index contributed by atoms with van der Waals surface area (Å²) in [6.07, 6.45) is 1.67. The van der Waals surface area contributed by atoms with Crippen LogP contribution >= 0.6 is 0 Å². The number of ether oxygens (including phenoxy) is 1. The largest absolute Gasteiger partial charge is 0.481 e. The molecule has 0 fully saturated rings. The van der Waals surface area contributed by atoms with E-state index in [2.05, 4.69) is 21.0 Å². The number of pyridine rings is 3. The predicted octanol–water partition coefficient (Wildman–Crippen LogP) is 3.53. The van der Waals surface area contributed by atoms with Crippen LogP contribution in [0.1, 0.15) is 5.56 Å². The summed E-state index contributed by atoms with van der Waals surface area (Å²) >= 11 is 0. The van der Waals surface area contributed by atoms with Crippen molar-refractivity contribution in [2.45, 2.75) is 0 Å². The molecule has 0 saturated carbocycles. The van der Waals surface area contributed by atoms with E-state index in [0.29, 0.717) is 22.8 Å². The molecule has 0 radical (unpaired) electrons. The second-order valence-corrected chi connectivity index (χ2v) is 5.92. The molecular formula is C21H14N4O2. The van der Waals surface area contributed by atoms with Gasteiger partial charge in [-0.05, 0) is 35.9 Å². The first kappa shape index (κ1) is 16.5. The zero-order valence-electron chi connectivity index (χ0n) is 14.4. The first-order valence-corrected chi connectivity index (χ1v) is 8.23. The standard InChI is InChI=1S/C21H14N4O2/c1-27-19-11-14(7-8-23-19)17-10-16-5-6-18(26)24-21(16)25-20(17)15-4-2-3-13(9-15)12-22/h2-11H,1H3,(H,24,25,26). The van der Waals surface area contributed by atoms with Crippen LogP contribution < -0.4 is 10.3 Å². The van der Waals surface area contributed by atoms with Gasteiger partial charge >= 0.3 is 0 Å². The minimum Gasteiger partial charge on any atom is -0.481 e. The third kappa shape index (κ3) is 3.14. The van der Waals surface area contributed by atoms with Crippen LogP contribution in [-0.2, 0) is 0 Å². The van der Waals surface area contributed by atoms with Gasteiger partial charge in [-0.2, -0.15) is 5.26 Å². The van der Waals surface area contributed by atoms with E-state index >= 15 is 0 Å². The first-order chi connectivity index (χ1) is 13.2. The molecule has 4 rings (SSSR count).